The average Bonchev–Trinajstić information content (AvgIpc) is 3.14. The van der Waals surface area contributed by atoms with Crippen LogP contribution in [0.1, 0.15) is 30.1 Å². The van der Waals surface area contributed by atoms with E-state index >= 15 is 0 Å². The second-order valence-corrected chi connectivity index (χ2v) is 6.20. The highest BCUT2D eigenvalue weighted by atomic mass is 19.4. The van der Waals surface area contributed by atoms with Crippen LogP contribution in [0, 0.1) is 11.8 Å². The molecule has 132 valence electrons. The third-order valence-electron chi connectivity index (χ3n) is 4.68. The largest absolute Gasteiger partial charge is 0.481 e. The quantitative estimate of drug-likeness (QED) is 0.759. The van der Waals surface area contributed by atoms with Gasteiger partial charge in [0.25, 0.3) is 0 Å². The van der Waals surface area contributed by atoms with Crippen molar-refractivity contribution in [1.82, 2.24) is 20.4 Å². The lowest BCUT2D eigenvalue weighted by molar-refractivity contribution is -0.187. The molecule has 3 rings (SSSR count). The van der Waals surface area contributed by atoms with E-state index in [1.54, 1.807) is 6.20 Å². The van der Waals surface area contributed by atoms with Crippen LogP contribution in [0.25, 0.3) is 0 Å². The van der Waals surface area contributed by atoms with Crippen molar-refractivity contribution in [2.45, 2.75) is 31.5 Å². The molecule has 0 aromatic carbocycles. The van der Waals surface area contributed by atoms with Gasteiger partial charge in [0, 0.05) is 13.1 Å². The van der Waals surface area contributed by atoms with Crippen LogP contribution in [-0.4, -0.2) is 51.5 Å². The van der Waals surface area contributed by atoms with Crippen LogP contribution < -0.4 is 5.32 Å². The van der Waals surface area contributed by atoms with Gasteiger partial charge < -0.3 is 15.3 Å². The van der Waals surface area contributed by atoms with E-state index in [1.807, 2.05) is 0 Å². The van der Waals surface area contributed by atoms with Crippen LogP contribution in [0.2, 0.25) is 0 Å². The first-order chi connectivity index (χ1) is 11.3. The highest BCUT2D eigenvalue weighted by Gasteiger charge is 2.53. The van der Waals surface area contributed by atoms with E-state index in [0.717, 1.165) is 29.0 Å². The van der Waals surface area contributed by atoms with Gasteiger partial charge in [-0.3, -0.25) is 9.89 Å². The van der Waals surface area contributed by atoms with Crippen LogP contribution in [0.3, 0.4) is 0 Å². The summed E-state index contributed by atoms with van der Waals surface area (Å²) in [7, 11) is 0. The number of nitrogens with one attached hydrogen (secondary N) is 2. The molecule has 1 aromatic heterocycles. The Hall–Kier alpha value is -2.26. The molecule has 3 N–H and O–H groups in total. The smallest absolute Gasteiger partial charge is 0.394 e. The average molecular weight is 346 g/mol. The molecule has 2 aliphatic rings. The SMILES string of the molecule is O=C(O)[C@@H]1CN(C(=O)NC2CCCc3cn[nH]c32)C[C@H]1C(F)(F)F. The molecule has 1 unspecified atom stereocenters. The molecule has 3 atom stereocenters. The number of aliphatic carboxylic acids is 1. The molecule has 0 saturated carbocycles. The van der Waals surface area contributed by atoms with E-state index in [4.69, 9.17) is 5.11 Å². The number of carboxylic acid groups (broad SMARTS) is 1. The fourth-order valence-electron chi connectivity index (χ4n) is 3.40. The van der Waals surface area contributed by atoms with Crippen molar-refractivity contribution in [2.24, 2.45) is 11.8 Å². The number of halogens is 3. The number of rotatable bonds is 2. The monoisotopic (exact) mass is 346 g/mol. The molecule has 1 saturated heterocycles. The first-order valence-corrected chi connectivity index (χ1v) is 7.64. The number of alkyl halides is 3. The second-order valence-electron chi connectivity index (χ2n) is 6.20. The number of hydrogen-bond acceptors (Lipinski definition) is 3. The third-order valence-corrected chi connectivity index (χ3v) is 4.68. The molecule has 24 heavy (non-hydrogen) atoms. The summed E-state index contributed by atoms with van der Waals surface area (Å²) in [5, 5.41) is 18.4. The maximum atomic E-state index is 13.0. The summed E-state index contributed by atoms with van der Waals surface area (Å²) in [6, 6.07) is -1.03. The van der Waals surface area contributed by atoms with Gasteiger partial charge >= 0.3 is 18.2 Å². The van der Waals surface area contributed by atoms with Crippen LogP contribution in [-0.2, 0) is 11.2 Å². The lowest BCUT2D eigenvalue weighted by atomic mass is 9.94. The molecule has 2 amide bonds. The summed E-state index contributed by atoms with van der Waals surface area (Å²) in [6.45, 7) is -1.09. The van der Waals surface area contributed by atoms with E-state index in [1.165, 1.54) is 0 Å². The van der Waals surface area contributed by atoms with Crippen molar-refractivity contribution >= 4 is 12.0 Å². The Morgan fingerprint density at radius 3 is 2.75 bits per heavy atom. The minimum absolute atomic E-state index is 0.350. The minimum atomic E-state index is -4.65. The third kappa shape index (κ3) is 3.04. The van der Waals surface area contributed by atoms with Crippen molar-refractivity contribution < 1.29 is 27.9 Å². The number of carbonyl (C=O) groups excluding carboxylic acids is 1. The van der Waals surface area contributed by atoms with Crippen LogP contribution in [0.4, 0.5) is 18.0 Å². The lowest BCUT2D eigenvalue weighted by Crippen LogP contribution is -2.42. The molecule has 7 nitrogen and oxygen atoms in total. The summed E-state index contributed by atoms with van der Waals surface area (Å²) in [4.78, 5) is 24.3. The van der Waals surface area contributed by atoms with Crippen molar-refractivity contribution in [1.29, 1.82) is 0 Å². The van der Waals surface area contributed by atoms with Gasteiger partial charge in [-0.25, -0.2) is 4.79 Å². The Morgan fingerprint density at radius 2 is 2.12 bits per heavy atom. The van der Waals surface area contributed by atoms with Gasteiger partial charge in [0.05, 0.1) is 29.8 Å². The van der Waals surface area contributed by atoms with Crippen molar-refractivity contribution in [3.63, 3.8) is 0 Å². The maximum Gasteiger partial charge on any atom is 0.394 e. The number of amides is 2. The molecule has 1 aliphatic heterocycles. The molecule has 1 aliphatic carbocycles. The number of carbonyl (C=O) groups is 2. The Labute approximate surface area is 135 Å². The van der Waals surface area contributed by atoms with Gasteiger partial charge in [-0.1, -0.05) is 0 Å². The van der Waals surface area contributed by atoms with Gasteiger partial charge in [0.15, 0.2) is 0 Å². The van der Waals surface area contributed by atoms with E-state index in [2.05, 4.69) is 15.5 Å². The summed E-state index contributed by atoms with van der Waals surface area (Å²) in [5.74, 6) is -5.22. The van der Waals surface area contributed by atoms with E-state index in [0.29, 0.717) is 6.42 Å². The number of carboxylic acids is 1. The predicted octanol–water partition coefficient (Wildman–Crippen LogP) is 1.69. The highest BCUT2D eigenvalue weighted by molar-refractivity contribution is 5.78. The minimum Gasteiger partial charge on any atom is -0.481 e. The van der Waals surface area contributed by atoms with Crippen molar-refractivity contribution in [3.8, 4) is 0 Å². The van der Waals surface area contributed by atoms with Crippen LogP contribution in [0.5, 0.6) is 0 Å². The molecule has 10 heteroatoms. The first kappa shape index (κ1) is 16.6. The van der Waals surface area contributed by atoms with Gasteiger partial charge in [0.2, 0.25) is 0 Å². The second kappa shape index (κ2) is 5.99. The first-order valence-electron chi connectivity index (χ1n) is 7.64. The summed E-state index contributed by atoms with van der Waals surface area (Å²) >= 11 is 0. The van der Waals surface area contributed by atoms with E-state index < -0.39 is 43.1 Å². The van der Waals surface area contributed by atoms with Gasteiger partial charge in [-0.05, 0) is 24.8 Å². The van der Waals surface area contributed by atoms with Crippen LogP contribution in [0.15, 0.2) is 6.20 Å². The summed E-state index contributed by atoms with van der Waals surface area (Å²) in [5.41, 5.74) is 1.74. The number of urea groups is 1. The Balaban J connectivity index is 1.70. The molecular formula is C14H17F3N4O3. The Bertz CT molecular complexity index is 645. The molecule has 1 fully saturated rings. The molecule has 2 heterocycles. The fraction of sp³-hybridized carbons (Fsp3) is 0.643. The zero-order valence-electron chi connectivity index (χ0n) is 12.6. The van der Waals surface area contributed by atoms with E-state index in [-0.39, 0.29) is 6.04 Å². The van der Waals surface area contributed by atoms with Crippen molar-refractivity contribution in [2.75, 3.05) is 13.1 Å². The molecular weight excluding hydrogens is 329 g/mol. The fourth-order valence-corrected chi connectivity index (χ4v) is 3.40. The highest BCUT2D eigenvalue weighted by Crippen LogP contribution is 2.38. The van der Waals surface area contributed by atoms with Crippen molar-refractivity contribution in [3.05, 3.63) is 17.5 Å². The zero-order chi connectivity index (χ0) is 17.5. The number of H-pyrrole nitrogens is 1. The molecule has 0 radical (unpaired) electrons. The standard InChI is InChI=1S/C14H17F3N4O3/c15-14(16,17)9-6-21(5-8(9)12(22)23)13(24)19-10-3-1-2-7-4-18-20-11(7)10/h4,8-10H,1-3,5-6H2,(H,18,20)(H,19,24)(H,22,23)/t8-,9-,10?/m1/s1. The van der Waals surface area contributed by atoms with Gasteiger partial charge in [-0.2, -0.15) is 18.3 Å². The molecule has 0 spiro atoms. The topological polar surface area (TPSA) is 98.3 Å². The number of nitrogens with zero attached hydrogens (tertiary/aromatic N) is 2. The maximum absolute atomic E-state index is 13.0. The Kier molecular flexibility index (Phi) is 4.14. The number of fused-ring (bicyclic) bond motifs is 1. The van der Waals surface area contributed by atoms with E-state index in [9.17, 15) is 22.8 Å². The zero-order valence-corrected chi connectivity index (χ0v) is 12.6. The number of aryl methyl sites for hydroxylation is 1. The Morgan fingerprint density at radius 1 is 1.38 bits per heavy atom. The predicted molar refractivity (Wildman–Crippen MR) is 75.0 cm³/mol. The summed E-state index contributed by atoms with van der Waals surface area (Å²) in [6.07, 6.45) is -0.664. The molecule has 1 aromatic rings. The van der Waals surface area contributed by atoms with Gasteiger partial charge in [0.1, 0.15) is 0 Å². The van der Waals surface area contributed by atoms with Gasteiger partial charge in [-0.15, -0.1) is 0 Å². The number of hydrogen-bond donors (Lipinski definition) is 3. The summed E-state index contributed by atoms with van der Waals surface area (Å²) < 4.78 is 39.0. The van der Waals surface area contributed by atoms with Crippen LogP contribution >= 0.6 is 0 Å². The number of aromatic amines is 1. The molecule has 0 bridgehead atoms. The number of aromatic nitrogens is 2. The lowest BCUT2D eigenvalue weighted by Gasteiger charge is -2.26. The number of likely N-dealkylation sites (tertiary alicyclic amines) is 1. The normalized spacial score (nSPS) is 27.0.